The molecule has 3 aromatic rings. The summed E-state index contributed by atoms with van der Waals surface area (Å²) in [6.07, 6.45) is 1.12. The van der Waals surface area contributed by atoms with E-state index in [4.69, 9.17) is 14.2 Å². The highest BCUT2D eigenvalue weighted by molar-refractivity contribution is 6.25. The van der Waals surface area contributed by atoms with Crippen LogP contribution in [-0.2, 0) is 11.3 Å². The van der Waals surface area contributed by atoms with Crippen LogP contribution < -0.4 is 9.47 Å². The summed E-state index contributed by atoms with van der Waals surface area (Å²) in [5, 5.41) is 12.2. The second kappa shape index (κ2) is 11.5. The number of likely N-dealkylation sites (tertiary alicyclic amines) is 1. The molecule has 8 nitrogen and oxygen atoms in total. The van der Waals surface area contributed by atoms with E-state index in [1.54, 1.807) is 14.2 Å². The van der Waals surface area contributed by atoms with Crippen molar-refractivity contribution in [2.75, 3.05) is 47.0 Å². The van der Waals surface area contributed by atoms with Gasteiger partial charge in [-0.05, 0) is 67.1 Å². The highest BCUT2D eigenvalue weighted by atomic mass is 16.5. The van der Waals surface area contributed by atoms with Crippen molar-refractivity contribution in [2.24, 2.45) is 5.92 Å². The van der Waals surface area contributed by atoms with Crippen LogP contribution in [0.4, 0.5) is 0 Å². The number of hydrogen-bond donors (Lipinski definition) is 1. The summed E-state index contributed by atoms with van der Waals surface area (Å²) in [7, 11) is 3.19. The molecule has 8 heteroatoms. The number of benzene rings is 3. The van der Waals surface area contributed by atoms with Gasteiger partial charge in [0.2, 0.25) is 0 Å². The second-order valence-electron chi connectivity index (χ2n) is 10.0. The number of rotatable bonds is 10. The van der Waals surface area contributed by atoms with Gasteiger partial charge >= 0.3 is 0 Å². The van der Waals surface area contributed by atoms with E-state index < -0.39 is 6.10 Å². The van der Waals surface area contributed by atoms with E-state index in [0.29, 0.717) is 42.3 Å². The van der Waals surface area contributed by atoms with Crippen LogP contribution in [0.3, 0.4) is 0 Å². The van der Waals surface area contributed by atoms with Crippen LogP contribution in [0.2, 0.25) is 0 Å². The van der Waals surface area contributed by atoms with Gasteiger partial charge in [-0.15, -0.1) is 0 Å². The van der Waals surface area contributed by atoms with E-state index in [1.165, 1.54) is 4.90 Å². The predicted molar refractivity (Wildman–Crippen MR) is 144 cm³/mol. The Hall–Kier alpha value is -3.46. The zero-order valence-electron chi connectivity index (χ0n) is 21.9. The molecule has 0 spiro atoms. The van der Waals surface area contributed by atoms with E-state index in [0.717, 1.165) is 42.3 Å². The summed E-state index contributed by atoms with van der Waals surface area (Å²) in [6, 6.07) is 16.8. The molecule has 0 aromatic heterocycles. The Balaban J connectivity index is 1.09. The minimum atomic E-state index is -0.603. The lowest BCUT2D eigenvalue weighted by molar-refractivity contribution is 0.00356. The number of carbonyl (C=O) groups is 2. The third-order valence-electron chi connectivity index (χ3n) is 7.50. The fourth-order valence-corrected chi connectivity index (χ4v) is 5.49. The van der Waals surface area contributed by atoms with E-state index in [-0.39, 0.29) is 24.3 Å². The maximum absolute atomic E-state index is 13.2. The Kier molecular flexibility index (Phi) is 7.93. The van der Waals surface area contributed by atoms with Crippen LogP contribution in [-0.4, -0.2) is 79.8 Å². The molecule has 0 saturated carbocycles. The molecule has 0 aliphatic carbocycles. The van der Waals surface area contributed by atoms with Crippen molar-refractivity contribution in [3.05, 3.63) is 71.3 Å². The number of β-amino-alcohol motifs (C(OH)–C–C–N with tert-alkyl or cyclic N) is 1. The summed E-state index contributed by atoms with van der Waals surface area (Å²) in [5.74, 6) is 1.14. The van der Waals surface area contributed by atoms with Crippen LogP contribution in [0.25, 0.3) is 10.8 Å². The first kappa shape index (κ1) is 26.2. The first-order valence-electron chi connectivity index (χ1n) is 13.1. The standard InChI is InChI=1S/C30H34N2O6/c1-36-26-10-9-21(15-27(26)37-2)18-38-19-23(33)17-31-13-11-20(12-14-31)16-32-29(34)24-7-3-5-22-6-4-8-25(28(22)24)30(32)35/h3-10,15,20,23,33H,11-14,16-19H2,1-2H3/t23-/m0/s1. The van der Waals surface area contributed by atoms with E-state index in [9.17, 15) is 14.7 Å². The Morgan fingerprint density at radius 2 is 1.58 bits per heavy atom. The van der Waals surface area contributed by atoms with Gasteiger partial charge in [0.1, 0.15) is 0 Å². The molecule has 0 bridgehead atoms. The Labute approximate surface area is 222 Å². The molecular weight excluding hydrogens is 484 g/mol. The number of nitrogens with zero attached hydrogens (tertiary/aromatic N) is 2. The lowest BCUT2D eigenvalue weighted by Crippen LogP contribution is -2.46. The van der Waals surface area contributed by atoms with E-state index >= 15 is 0 Å². The minimum absolute atomic E-state index is 0.205. The van der Waals surface area contributed by atoms with Crippen molar-refractivity contribution in [1.82, 2.24) is 9.80 Å². The number of amides is 2. The number of aliphatic hydroxyl groups excluding tert-OH is 1. The monoisotopic (exact) mass is 518 g/mol. The van der Waals surface area contributed by atoms with Crippen LogP contribution in [0.15, 0.2) is 54.6 Å². The molecule has 38 heavy (non-hydrogen) atoms. The number of piperidine rings is 1. The number of ether oxygens (including phenoxy) is 3. The van der Waals surface area contributed by atoms with Crippen LogP contribution in [0.5, 0.6) is 11.5 Å². The van der Waals surface area contributed by atoms with Gasteiger partial charge in [0.15, 0.2) is 11.5 Å². The zero-order valence-corrected chi connectivity index (χ0v) is 21.9. The Morgan fingerprint density at radius 1 is 0.921 bits per heavy atom. The predicted octanol–water partition coefficient (Wildman–Crippen LogP) is 3.74. The molecule has 1 N–H and O–H groups in total. The lowest BCUT2D eigenvalue weighted by Gasteiger charge is -2.36. The lowest BCUT2D eigenvalue weighted by atomic mass is 9.91. The van der Waals surface area contributed by atoms with Crippen molar-refractivity contribution in [3.8, 4) is 11.5 Å². The summed E-state index contributed by atoms with van der Waals surface area (Å²) in [4.78, 5) is 30.0. The fraction of sp³-hybridized carbons (Fsp3) is 0.400. The summed E-state index contributed by atoms with van der Waals surface area (Å²) >= 11 is 0. The van der Waals surface area contributed by atoms with Crippen molar-refractivity contribution in [3.63, 3.8) is 0 Å². The average Bonchev–Trinajstić information content (AvgIpc) is 2.94. The highest BCUT2D eigenvalue weighted by Gasteiger charge is 2.34. The maximum atomic E-state index is 13.2. The quantitative estimate of drug-likeness (QED) is 0.409. The molecule has 2 aliphatic heterocycles. The molecule has 0 unspecified atom stereocenters. The van der Waals surface area contributed by atoms with E-state index in [1.807, 2.05) is 54.6 Å². The van der Waals surface area contributed by atoms with Crippen molar-refractivity contribution < 1.29 is 28.9 Å². The first-order valence-corrected chi connectivity index (χ1v) is 13.1. The van der Waals surface area contributed by atoms with Crippen LogP contribution >= 0.6 is 0 Å². The van der Waals surface area contributed by atoms with Crippen molar-refractivity contribution in [1.29, 1.82) is 0 Å². The van der Waals surface area contributed by atoms with Crippen LogP contribution in [0, 0.1) is 5.92 Å². The smallest absolute Gasteiger partial charge is 0.261 e. The van der Waals surface area contributed by atoms with Crippen molar-refractivity contribution in [2.45, 2.75) is 25.6 Å². The fourth-order valence-electron chi connectivity index (χ4n) is 5.49. The Morgan fingerprint density at radius 3 is 2.21 bits per heavy atom. The molecule has 3 aromatic carbocycles. The summed E-state index contributed by atoms with van der Waals surface area (Å²) in [5.41, 5.74) is 2.15. The van der Waals surface area contributed by atoms with Gasteiger partial charge in [-0.3, -0.25) is 14.5 Å². The van der Waals surface area contributed by atoms with Gasteiger partial charge in [-0.1, -0.05) is 30.3 Å². The Bertz CT molecular complexity index is 1270. The zero-order chi connectivity index (χ0) is 26.6. The third-order valence-corrected chi connectivity index (χ3v) is 7.50. The first-order chi connectivity index (χ1) is 18.5. The number of imide groups is 1. The maximum Gasteiger partial charge on any atom is 0.261 e. The molecule has 1 fully saturated rings. The number of carbonyl (C=O) groups excluding carboxylic acids is 2. The van der Waals surface area contributed by atoms with Gasteiger partial charge in [0, 0.05) is 29.6 Å². The molecule has 2 aliphatic rings. The minimum Gasteiger partial charge on any atom is -0.493 e. The van der Waals surface area contributed by atoms with Crippen LogP contribution in [0.1, 0.15) is 39.1 Å². The van der Waals surface area contributed by atoms with Gasteiger partial charge in [-0.2, -0.15) is 0 Å². The molecule has 2 heterocycles. The third kappa shape index (κ3) is 5.38. The molecule has 1 atom stereocenters. The number of methoxy groups -OCH3 is 2. The van der Waals surface area contributed by atoms with Gasteiger partial charge in [0.05, 0.1) is 33.5 Å². The van der Waals surface area contributed by atoms with Gasteiger partial charge in [-0.25, -0.2) is 0 Å². The summed E-state index contributed by atoms with van der Waals surface area (Å²) < 4.78 is 16.3. The van der Waals surface area contributed by atoms with Gasteiger partial charge in [0.25, 0.3) is 11.8 Å². The highest BCUT2D eigenvalue weighted by Crippen LogP contribution is 2.31. The second-order valence-corrected chi connectivity index (χ2v) is 10.0. The van der Waals surface area contributed by atoms with Crippen molar-refractivity contribution >= 4 is 22.6 Å². The van der Waals surface area contributed by atoms with E-state index in [2.05, 4.69) is 4.90 Å². The molecule has 2 amide bonds. The average molecular weight is 519 g/mol. The molecule has 200 valence electrons. The molecule has 5 rings (SSSR count). The molecular formula is C30H34N2O6. The number of aliphatic hydroxyl groups is 1. The van der Waals surface area contributed by atoms with Gasteiger partial charge < -0.3 is 24.2 Å². The topological polar surface area (TPSA) is 88.5 Å². The molecule has 0 radical (unpaired) electrons. The molecule has 1 saturated heterocycles. The largest absolute Gasteiger partial charge is 0.493 e. The number of hydrogen-bond acceptors (Lipinski definition) is 7. The SMILES string of the molecule is COc1ccc(COC[C@@H](O)CN2CCC(CN3C(=O)c4cccc5cccc(c45)C3=O)CC2)cc1OC. The normalized spacial score (nSPS) is 17.2. The summed E-state index contributed by atoms with van der Waals surface area (Å²) in [6.45, 7) is 3.16.